The Labute approximate surface area is 100 Å². The molecule has 2 rings (SSSR count). The van der Waals surface area contributed by atoms with E-state index in [1.165, 1.54) is 0 Å². The van der Waals surface area contributed by atoms with Gasteiger partial charge in [-0.2, -0.15) is 0 Å². The van der Waals surface area contributed by atoms with Gasteiger partial charge in [-0.3, -0.25) is 4.79 Å². The van der Waals surface area contributed by atoms with Gasteiger partial charge in [0.05, 0.1) is 5.41 Å². The second kappa shape index (κ2) is 3.77. The summed E-state index contributed by atoms with van der Waals surface area (Å²) in [7, 11) is 0. The van der Waals surface area contributed by atoms with Gasteiger partial charge >= 0.3 is 5.97 Å². The maximum Gasteiger partial charge on any atom is 0.314 e. The molecule has 16 heavy (non-hydrogen) atoms. The van der Waals surface area contributed by atoms with Crippen molar-refractivity contribution >= 4 is 17.6 Å². The fraction of sp³-hybridized carbons (Fsp3) is 0.462. The van der Waals surface area contributed by atoms with Crippen molar-refractivity contribution in [2.45, 2.75) is 25.7 Å². The summed E-state index contributed by atoms with van der Waals surface area (Å²) in [5.41, 5.74) is 0.144. The largest absolute Gasteiger partial charge is 0.481 e. The molecule has 0 aliphatic heterocycles. The number of carboxylic acids is 1. The molecule has 0 heterocycles. The van der Waals surface area contributed by atoms with Gasteiger partial charge < -0.3 is 5.11 Å². The van der Waals surface area contributed by atoms with E-state index in [1.54, 1.807) is 12.1 Å². The highest BCUT2D eigenvalue weighted by Crippen LogP contribution is 2.58. The summed E-state index contributed by atoms with van der Waals surface area (Å²) in [6, 6.07) is 7.23. The topological polar surface area (TPSA) is 37.3 Å². The molecule has 1 N–H and O–H groups in total. The SMILES string of the molecule is CC(C)C1CC1(C(=O)O)c1cccc(Cl)c1. The minimum atomic E-state index is -0.728. The molecule has 1 aliphatic rings. The third-order valence-corrected chi connectivity index (χ3v) is 3.78. The van der Waals surface area contributed by atoms with Crippen LogP contribution in [0.4, 0.5) is 0 Å². The molecule has 0 amide bonds. The van der Waals surface area contributed by atoms with Gasteiger partial charge in [0.2, 0.25) is 0 Å². The first-order valence-corrected chi connectivity index (χ1v) is 5.85. The number of carboxylic acid groups (broad SMARTS) is 1. The van der Waals surface area contributed by atoms with Gasteiger partial charge in [0, 0.05) is 5.02 Å². The third-order valence-electron chi connectivity index (χ3n) is 3.54. The zero-order chi connectivity index (χ0) is 11.9. The number of benzene rings is 1. The van der Waals surface area contributed by atoms with E-state index in [-0.39, 0.29) is 5.92 Å². The molecule has 0 aromatic heterocycles. The normalized spacial score (nSPS) is 28.1. The molecule has 0 bridgehead atoms. The molecule has 2 unspecified atom stereocenters. The molecule has 2 nitrogen and oxygen atoms in total. The highest BCUT2D eigenvalue weighted by molar-refractivity contribution is 6.30. The van der Waals surface area contributed by atoms with Gasteiger partial charge in [-0.25, -0.2) is 0 Å². The van der Waals surface area contributed by atoms with Crippen molar-refractivity contribution in [3.8, 4) is 0 Å². The molecule has 1 aromatic carbocycles. The molecule has 86 valence electrons. The predicted molar refractivity (Wildman–Crippen MR) is 63.7 cm³/mol. The lowest BCUT2D eigenvalue weighted by Gasteiger charge is -2.15. The van der Waals surface area contributed by atoms with Crippen LogP contribution >= 0.6 is 11.6 Å². The first-order valence-electron chi connectivity index (χ1n) is 5.48. The molecule has 3 heteroatoms. The summed E-state index contributed by atoms with van der Waals surface area (Å²) in [5, 5.41) is 10.0. The van der Waals surface area contributed by atoms with Crippen LogP contribution in [-0.2, 0) is 10.2 Å². The van der Waals surface area contributed by atoms with E-state index in [0.29, 0.717) is 10.9 Å². The van der Waals surface area contributed by atoms with Crippen LogP contribution < -0.4 is 0 Å². The van der Waals surface area contributed by atoms with Crippen LogP contribution in [0.5, 0.6) is 0 Å². The summed E-state index contributed by atoms with van der Waals surface area (Å²) in [5.74, 6) is -0.119. The van der Waals surface area contributed by atoms with E-state index in [2.05, 4.69) is 13.8 Å². The molecule has 1 saturated carbocycles. The average Bonchev–Trinajstić information content (AvgIpc) is 2.93. The fourth-order valence-electron chi connectivity index (χ4n) is 2.56. The van der Waals surface area contributed by atoms with E-state index < -0.39 is 11.4 Å². The lowest BCUT2D eigenvalue weighted by molar-refractivity contribution is -0.140. The summed E-state index contributed by atoms with van der Waals surface area (Å²) in [6.07, 6.45) is 0.723. The van der Waals surface area contributed by atoms with E-state index in [4.69, 9.17) is 11.6 Å². The van der Waals surface area contributed by atoms with Crippen LogP contribution in [0, 0.1) is 11.8 Å². The molecule has 0 saturated heterocycles. The van der Waals surface area contributed by atoms with Crippen LogP contribution in [0.15, 0.2) is 24.3 Å². The number of rotatable bonds is 3. The third kappa shape index (κ3) is 1.61. The van der Waals surface area contributed by atoms with Gasteiger partial charge in [-0.05, 0) is 36.0 Å². The second-order valence-corrected chi connectivity index (χ2v) is 5.28. The first-order chi connectivity index (χ1) is 7.48. The maximum atomic E-state index is 11.5. The van der Waals surface area contributed by atoms with Crippen molar-refractivity contribution in [1.82, 2.24) is 0 Å². The summed E-state index contributed by atoms with van der Waals surface area (Å²) >= 11 is 5.92. The van der Waals surface area contributed by atoms with Gasteiger partial charge in [-0.1, -0.05) is 37.6 Å². The fourth-order valence-corrected chi connectivity index (χ4v) is 2.75. The Morgan fingerprint density at radius 2 is 2.25 bits per heavy atom. The molecule has 1 aliphatic carbocycles. The minimum absolute atomic E-state index is 0.225. The van der Waals surface area contributed by atoms with Crippen LogP contribution in [-0.4, -0.2) is 11.1 Å². The van der Waals surface area contributed by atoms with E-state index in [1.807, 2.05) is 12.1 Å². The Morgan fingerprint density at radius 1 is 1.56 bits per heavy atom. The van der Waals surface area contributed by atoms with Crippen LogP contribution in [0.25, 0.3) is 0 Å². The quantitative estimate of drug-likeness (QED) is 0.877. The Balaban J connectivity index is 2.40. The number of carbonyl (C=O) groups is 1. The Kier molecular flexibility index (Phi) is 2.70. The lowest BCUT2D eigenvalue weighted by atomic mass is 9.89. The molecular weight excluding hydrogens is 224 g/mol. The van der Waals surface area contributed by atoms with Gasteiger partial charge in [0.1, 0.15) is 0 Å². The molecule has 1 fully saturated rings. The first kappa shape index (κ1) is 11.5. The van der Waals surface area contributed by atoms with E-state index in [0.717, 1.165) is 12.0 Å². The van der Waals surface area contributed by atoms with Gasteiger partial charge in [0.25, 0.3) is 0 Å². The Bertz CT molecular complexity index is 428. The lowest BCUT2D eigenvalue weighted by Crippen LogP contribution is -2.24. The molecule has 0 spiro atoms. The van der Waals surface area contributed by atoms with Gasteiger partial charge in [-0.15, -0.1) is 0 Å². The van der Waals surface area contributed by atoms with Crippen LogP contribution in [0.3, 0.4) is 0 Å². The molecule has 2 atom stereocenters. The van der Waals surface area contributed by atoms with Crippen molar-refractivity contribution in [2.75, 3.05) is 0 Å². The van der Waals surface area contributed by atoms with E-state index >= 15 is 0 Å². The molecule has 1 aromatic rings. The smallest absolute Gasteiger partial charge is 0.314 e. The number of hydrogen-bond acceptors (Lipinski definition) is 1. The highest BCUT2D eigenvalue weighted by atomic mass is 35.5. The molecular formula is C13H15ClO2. The van der Waals surface area contributed by atoms with E-state index in [9.17, 15) is 9.90 Å². The second-order valence-electron chi connectivity index (χ2n) is 4.84. The Hall–Kier alpha value is -1.02. The standard InChI is InChI=1S/C13H15ClO2/c1-8(2)11-7-13(11,12(15)16)9-4-3-5-10(14)6-9/h3-6,8,11H,7H2,1-2H3,(H,15,16). The van der Waals surface area contributed by atoms with Crippen LogP contribution in [0.2, 0.25) is 5.02 Å². The monoisotopic (exact) mass is 238 g/mol. The van der Waals surface area contributed by atoms with Crippen molar-refractivity contribution in [2.24, 2.45) is 11.8 Å². The van der Waals surface area contributed by atoms with Gasteiger partial charge in [0.15, 0.2) is 0 Å². The zero-order valence-electron chi connectivity index (χ0n) is 9.40. The number of hydrogen-bond donors (Lipinski definition) is 1. The minimum Gasteiger partial charge on any atom is -0.481 e. The van der Waals surface area contributed by atoms with Crippen molar-refractivity contribution in [3.05, 3.63) is 34.9 Å². The summed E-state index contributed by atoms with van der Waals surface area (Å²) in [6.45, 7) is 4.14. The highest BCUT2D eigenvalue weighted by Gasteiger charge is 2.62. The van der Waals surface area contributed by atoms with Crippen molar-refractivity contribution < 1.29 is 9.90 Å². The van der Waals surface area contributed by atoms with Crippen LogP contribution in [0.1, 0.15) is 25.8 Å². The van der Waals surface area contributed by atoms with Crippen molar-refractivity contribution in [1.29, 1.82) is 0 Å². The Morgan fingerprint density at radius 3 is 2.69 bits per heavy atom. The summed E-state index contributed by atoms with van der Waals surface area (Å²) in [4.78, 5) is 11.5. The number of halogens is 1. The molecule has 0 radical (unpaired) electrons. The zero-order valence-corrected chi connectivity index (χ0v) is 10.2. The summed E-state index contributed by atoms with van der Waals surface area (Å²) < 4.78 is 0. The maximum absolute atomic E-state index is 11.5. The predicted octanol–water partition coefficient (Wildman–Crippen LogP) is 3.34. The number of aliphatic carboxylic acids is 1. The van der Waals surface area contributed by atoms with Crippen molar-refractivity contribution in [3.63, 3.8) is 0 Å². The average molecular weight is 239 g/mol.